The van der Waals surface area contributed by atoms with E-state index < -0.39 is 15.9 Å². The Morgan fingerprint density at radius 2 is 1.72 bits per heavy atom. The van der Waals surface area contributed by atoms with Gasteiger partial charge in [0.05, 0.1) is 30.3 Å². The first-order valence-electron chi connectivity index (χ1n) is 11.7. The number of hydrogen-bond donors (Lipinski definition) is 2. The summed E-state index contributed by atoms with van der Waals surface area (Å²) < 4.78 is 35.0. The number of aromatic nitrogens is 2. The second-order valence-corrected chi connectivity index (χ2v) is 11.1. The summed E-state index contributed by atoms with van der Waals surface area (Å²) in [5, 5.41) is 10.6. The maximum Gasteiger partial charge on any atom is 0.273 e. The van der Waals surface area contributed by atoms with Crippen molar-refractivity contribution in [2.75, 3.05) is 11.8 Å². The van der Waals surface area contributed by atoms with Gasteiger partial charge in [0, 0.05) is 17.3 Å². The van der Waals surface area contributed by atoms with Crippen LogP contribution in [-0.4, -0.2) is 37.4 Å². The lowest BCUT2D eigenvalue weighted by Crippen LogP contribution is -2.21. The molecule has 3 aromatic carbocycles. The largest absolute Gasteiger partial charge is 0.497 e. The van der Waals surface area contributed by atoms with E-state index in [4.69, 9.17) is 9.84 Å². The summed E-state index contributed by atoms with van der Waals surface area (Å²) >= 11 is 1.09. The van der Waals surface area contributed by atoms with Gasteiger partial charge in [-0.15, -0.1) is 11.3 Å². The lowest BCUT2D eigenvalue weighted by Gasteiger charge is -2.10. The van der Waals surface area contributed by atoms with Crippen LogP contribution in [0.1, 0.15) is 15.9 Å². The van der Waals surface area contributed by atoms with Crippen LogP contribution in [0.5, 0.6) is 5.75 Å². The summed E-state index contributed by atoms with van der Waals surface area (Å²) in [7, 11) is -2.22. The number of nitrogens with one attached hydrogen (secondary N) is 2. The van der Waals surface area contributed by atoms with Crippen LogP contribution >= 0.6 is 11.3 Å². The van der Waals surface area contributed by atoms with Gasteiger partial charge in [0.2, 0.25) is 0 Å². The van der Waals surface area contributed by atoms with Crippen LogP contribution in [0.2, 0.25) is 0 Å². The summed E-state index contributed by atoms with van der Waals surface area (Å²) in [6, 6.07) is 26.6. The van der Waals surface area contributed by atoms with Crippen LogP contribution in [0.15, 0.2) is 112 Å². The molecule has 0 saturated heterocycles. The molecule has 2 aromatic heterocycles. The first-order valence-corrected chi connectivity index (χ1v) is 14.1. The van der Waals surface area contributed by atoms with Crippen LogP contribution < -0.4 is 14.9 Å². The van der Waals surface area contributed by atoms with Crippen molar-refractivity contribution in [3.8, 4) is 22.7 Å². The predicted octanol–water partition coefficient (Wildman–Crippen LogP) is 5.17. The first-order chi connectivity index (χ1) is 18.9. The number of para-hydroxylation sites is 2. The Bertz CT molecular complexity index is 1710. The number of anilines is 1. The van der Waals surface area contributed by atoms with Gasteiger partial charge in [0.15, 0.2) is 0 Å². The van der Waals surface area contributed by atoms with Crippen LogP contribution in [0.3, 0.4) is 0 Å². The summed E-state index contributed by atoms with van der Waals surface area (Å²) in [5.74, 6) is 0.147. The van der Waals surface area contributed by atoms with Crippen molar-refractivity contribution < 1.29 is 17.9 Å². The maximum absolute atomic E-state index is 13.0. The highest BCUT2D eigenvalue weighted by Gasteiger charge is 2.19. The Labute approximate surface area is 229 Å². The number of sulfonamides is 1. The van der Waals surface area contributed by atoms with Crippen molar-refractivity contribution in [1.29, 1.82) is 0 Å². The Morgan fingerprint density at radius 3 is 2.44 bits per heavy atom. The van der Waals surface area contributed by atoms with Gasteiger partial charge < -0.3 is 4.74 Å². The second kappa shape index (κ2) is 11.3. The summed E-state index contributed by atoms with van der Waals surface area (Å²) in [6.07, 6.45) is 3.32. The number of nitrogens with zero attached hydrogens (tertiary/aromatic N) is 3. The molecular weight excluding hydrogens is 534 g/mol. The molecule has 0 spiro atoms. The zero-order valence-corrected chi connectivity index (χ0v) is 22.3. The number of carbonyl (C=O) groups is 1. The lowest BCUT2D eigenvalue weighted by atomic mass is 10.1. The molecule has 39 heavy (non-hydrogen) atoms. The topological polar surface area (TPSA) is 115 Å². The van der Waals surface area contributed by atoms with E-state index in [2.05, 4.69) is 15.2 Å². The normalized spacial score (nSPS) is 11.4. The third kappa shape index (κ3) is 5.89. The summed E-state index contributed by atoms with van der Waals surface area (Å²) in [6.45, 7) is 0. The molecule has 0 unspecified atom stereocenters. The lowest BCUT2D eigenvalue weighted by molar-refractivity contribution is 0.0956. The monoisotopic (exact) mass is 557 g/mol. The molecule has 2 heterocycles. The number of hydrazone groups is 1. The Morgan fingerprint density at radius 1 is 0.974 bits per heavy atom. The standard InChI is InChI=1S/C28H23N5O4S2/c1-37-23-15-13-20(14-16-23)27-21(19-33(31-27)22-8-3-2-4-9-22)18-29-30-28(34)24-10-5-6-11-25(24)32-39(35,36)26-12-7-17-38-26/h2-19,32H,1H3,(H,30,34)/b29-18+. The van der Waals surface area contributed by atoms with Crippen LogP contribution in [0.25, 0.3) is 16.9 Å². The molecule has 196 valence electrons. The fraction of sp³-hybridized carbons (Fsp3) is 0.0357. The van der Waals surface area contributed by atoms with Gasteiger partial charge in [0.1, 0.15) is 15.7 Å². The van der Waals surface area contributed by atoms with Crippen molar-refractivity contribution in [3.63, 3.8) is 0 Å². The van der Waals surface area contributed by atoms with Gasteiger partial charge in [-0.2, -0.15) is 10.2 Å². The average molecular weight is 558 g/mol. The third-order valence-corrected chi connectivity index (χ3v) is 8.44. The van der Waals surface area contributed by atoms with Gasteiger partial charge in [-0.05, 0) is 60.0 Å². The minimum absolute atomic E-state index is 0.130. The predicted molar refractivity (Wildman–Crippen MR) is 152 cm³/mol. The van der Waals surface area contributed by atoms with Crippen molar-refractivity contribution in [1.82, 2.24) is 15.2 Å². The molecular formula is C28H23N5O4S2. The highest BCUT2D eigenvalue weighted by Crippen LogP contribution is 2.25. The van der Waals surface area contributed by atoms with Crippen LogP contribution in [0.4, 0.5) is 5.69 Å². The molecule has 0 aliphatic heterocycles. The molecule has 0 radical (unpaired) electrons. The highest BCUT2D eigenvalue weighted by molar-refractivity contribution is 7.94. The van der Waals surface area contributed by atoms with E-state index in [-0.39, 0.29) is 15.5 Å². The number of ether oxygens (including phenoxy) is 1. The molecule has 9 nitrogen and oxygen atoms in total. The number of amides is 1. The quantitative estimate of drug-likeness (QED) is 0.192. The van der Waals surface area contributed by atoms with E-state index >= 15 is 0 Å². The van der Waals surface area contributed by atoms with Gasteiger partial charge in [0.25, 0.3) is 15.9 Å². The SMILES string of the molecule is COc1ccc(-c2nn(-c3ccccc3)cc2/C=N/NC(=O)c2ccccc2NS(=O)(=O)c2cccs2)cc1. The fourth-order valence-electron chi connectivity index (χ4n) is 3.77. The Hall–Kier alpha value is -4.74. The van der Waals surface area contributed by atoms with Gasteiger partial charge >= 0.3 is 0 Å². The number of benzene rings is 3. The molecule has 0 fully saturated rings. The van der Waals surface area contributed by atoms with Crippen LogP contribution in [-0.2, 0) is 10.0 Å². The molecule has 0 atom stereocenters. The molecule has 0 bridgehead atoms. The first kappa shape index (κ1) is 25.9. The van der Waals surface area contributed by atoms with E-state index in [1.165, 1.54) is 24.4 Å². The Kier molecular flexibility index (Phi) is 7.53. The van der Waals surface area contributed by atoms with E-state index in [1.807, 2.05) is 60.8 Å². The van der Waals surface area contributed by atoms with E-state index in [0.717, 1.165) is 28.3 Å². The summed E-state index contributed by atoms with van der Waals surface area (Å²) in [4.78, 5) is 13.0. The number of rotatable bonds is 9. The fourth-order valence-corrected chi connectivity index (χ4v) is 5.84. The summed E-state index contributed by atoms with van der Waals surface area (Å²) in [5.41, 5.74) is 5.80. The Balaban J connectivity index is 1.40. The van der Waals surface area contributed by atoms with Crippen molar-refractivity contribution in [2.24, 2.45) is 5.10 Å². The van der Waals surface area contributed by atoms with Gasteiger partial charge in [-0.3, -0.25) is 9.52 Å². The zero-order chi connectivity index (χ0) is 27.2. The smallest absolute Gasteiger partial charge is 0.273 e. The van der Waals surface area contributed by atoms with Crippen molar-refractivity contribution in [3.05, 3.63) is 114 Å². The number of carbonyl (C=O) groups excluding carboxylic acids is 1. The molecule has 11 heteroatoms. The molecule has 0 saturated carbocycles. The molecule has 5 rings (SSSR count). The molecule has 0 aliphatic rings. The number of thiophene rings is 1. The van der Waals surface area contributed by atoms with E-state index in [0.29, 0.717) is 11.3 Å². The molecule has 0 aliphatic carbocycles. The van der Waals surface area contributed by atoms with Gasteiger partial charge in [-0.1, -0.05) is 36.4 Å². The van der Waals surface area contributed by atoms with Gasteiger partial charge in [-0.25, -0.2) is 18.5 Å². The molecule has 2 N–H and O–H groups in total. The minimum atomic E-state index is -3.82. The van der Waals surface area contributed by atoms with Crippen LogP contribution in [0, 0.1) is 0 Å². The molecule has 5 aromatic rings. The minimum Gasteiger partial charge on any atom is -0.497 e. The van der Waals surface area contributed by atoms with Crippen molar-refractivity contribution in [2.45, 2.75) is 4.21 Å². The number of hydrogen-bond acceptors (Lipinski definition) is 7. The second-order valence-electron chi connectivity index (χ2n) is 8.22. The highest BCUT2D eigenvalue weighted by atomic mass is 32.2. The molecule has 1 amide bonds. The van der Waals surface area contributed by atoms with E-state index in [9.17, 15) is 13.2 Å². The zero-order valence-electron chi connectivity index (χ0n) is 20.7. The maximum atomic E-state index is 13.0. The average Bonchev–Trinajstić information content (AvgIpc) is 3.65. The third-order valence-electron chi connectivity index (χ3n) is 5.67. The number of methoxy groups -OCH3 is 1. The van der Waals surface area contributed by atoms with Crippen molar-refractivity contribution >= 4 is 39.2 Å². The van der Waals surface area contributed by atoms with E-state index in [1.54, 1.807) is 35.4 Å².